The highest BCUT2D eigenvalue weighted by Crippen LogP contribution is 2.27. The summed E-state index contributed by atoms with van der Waals surface area (Å²) in [5.41, 5.74) is 2.64. The molecule has 33 heavy (non-hydrogen) atoms. The summed E-state index contributed by atoms with van der Waals surface area (Å²) >= 11 is 0. The molecule has 1 amide bonds. The second-order valence-corrected chi connectivity index (χ2v) is 8.92. The van der Waals surface area contributed by atoms with Crippen molar-refractivity contribution in [1.29, 1.82) is 0 Å². The van der Waals surface area contributed by atoms with Gasteiger partial charge in [-0.3, -0.25) is 14.2 Å². The van der Waals surface area contributed by atoms with Crippen LogP contribution in [0.4, 0.5) is 5.69 Å². The van der Waals surface area contributed by atoms with Gasteiger partial charge in [0.1, 0.15) is 11.9 Å². The average Bonchev–Trinajstić information content (AvgIpc) is 3.49. The molecule has 1 fully saturated rings. The maximum atomic E-state index is 12.8. The molecule has 2 unspecified atom stereocenters. The number of carbonyl (C=O) groups excluding carboxylic acids is 1. The van der Waals surface area contributed by atoms with Crippen LogP contribution in [0, 0.1) is 0 Å². The minimum absolute atomic E-state index is 0.0585. The van der Waals surface area contributed by atoms with Crippen LogP contribution in [0.5, 0.6) is 0 Å². The Morgan fingerprint density at radius 3 is 2.67 bits per heavy atom. The summed E-state index contributed by atoms with van der Waals surface area (Å²) in [7, 11) is 0. The van der Waals surface area contributed by atoms with Crippen molar-refractivity contribution in [1.82, 2.24) is 14.9 Å². The van der Waals surface area contributed by atoms with E-state index in [1.807, 2.05) is 54.6 Å². The molecule has 3 heterocycles. The normalized spacial score (nSPS) is 22.6. The summed E-state index contributed by atoms with van der Waals surface area (Å²) in [5.74, 6) is 0.476. The Labute approximate surface area is 192 Å². The highest BCUT2D eigenvalue weighted by atomic mass is 16.3. The van der Waals surface area contributed by atoms with E-state index in [9.17, 15) is 14.7 Å². The maximum absolute atomic E-state index is 12.8. The summed E-state index contributed by atoms with van der Waals surface area (Å²) in [5, 5.41) is 17.2. The van der Waals surface area contributed by atoms with Crippen molar-refractivity contribution in [3.8, 4) is 0 Å². The lowest BCUT2D eigenvalue weighted by atomic mass is 10.0. The SMILES string of the molecule is O=C(Nc1ccc(C[C@@H]2CCC([C@H](O)c3ccccc3)N2)cc1)C1CCc2nccc(=O)n21. The first kappa shape index (κ1) is 21.6. The van der Waals surface area contributed by atoms with Gasteiger partial charge in [0.15, 0.2) is 0 Å². The topological polar surface area (TPSA) is 96.2 Å². The van der Waals surface area contributed by atoms with Crippen LogP contribution in [-0.4, -0.2) is 32.6 Å². The fourth-order valence-corrected chi connectivity index (χ4v) is 5.00. The second-order valence-electron chi connectivity index (χ2n) is 8.92. The van der Waals surface area contributed by atoms with Gasteiger partial charge in [-0.1, -0.05) is 42.5 Å². The zero-order valence-electron chi connectivity index (χ0n) is 18.4. The van der Waals surface area contributed by atoms with Gasteiger partial charge < -0.3 is 15.7 Å². The van der Waals surface area contributed by atoms with Gasteiger partial charge in [-0.05, 0) is 48.9 Å². The molecule has 170 valence electrons. The maximum Gasteiger partial charge on any atom is 0.254 e. The Kier molecular flexibility index (Phi) is 6.07. The molecule has 1 saturated heterocycles. The van der Waals surface area contributed by atoms with Crippen molar-refractivity contribution >= 4 is 11.6 Å². The molecule has 0 spiro atoms. The molecular weight excluding hydrogens is 416 g/mol. The van der Waals surface area contributed by atoms with Crippen LogP contribution in [0.3, 0.4) is 0 Å². The molecule has 0 saturated carbocycles. The lowest BCUT2D eigenvalue weighted by Crippen LogP contribution is -2.35. The molecule has 3 N–H and O–H groups in total. The van der Waals surface area contributed by atoms with Gasteiger partial charge in [0.25, 0.3) is 5.56 Å². The summed E-state index contributed by atoms with van der Waals surface area (Å²) < 4.78 is 1.50. The molecule has 3 aromatic rings. The number of anilines is 1. The molecule has 7 heteroatoms. The van der Waals surface area contributed by atoms with Gasteiger partial charge in [0.05, 0.1) is 6.10 Å². The number of aliphatic hydroxyl groups excluding tert-OH is 1. The van der Waals surface area contributed by atoms with E-state index in [0.717, 1.165) is 24.8 Å². The van der Waals surface area contributed by atoms with Crippen molar-refractivity contribution in [3.05, 3.63) is 94.2 Å². The van der Waals surface area contributed by atoms with E-state index in [2.05, 4.69) is 15.6 Å². The third-order valence-electron chi connectivity index (χ3n) is 6.71. The van der Waals surface area contributed by atoms with Gasteiger partial charge in [-0.15, -0.1) is 0 Å². The number of aliphatic hydroxyl groups is 1. The molecular formula is C26H28N4O3. The fraction of sp³-hybridized carbons (Fsp3) is 0.346. The minimum Gasteiger partial charge on any atom is -0.387 e. The summed E-state index contributed by atoms with van der Waals surface area (Å²) in [4.78, 5) is 29.1. The number of nitrogens with zero attached hydrogens (tertiary/aromatic N) is 2. The average molecular weight is 445 g/mol. The van der Waals surface area contributed by atoms with E-state index in [4.69, 9.17) is 0 Å². The number of hydrogen-bond donors (Lipinski definition) is 3. The Hall–Kier alpha value is -3.29. The Morgan fingerprint density at radius 2 is 1.88 bits per heavy atom. The first-order chi connectivity index (χ1) is 16.1. The zero-order valence-corrected chi connectivity index (χ0v) is 18.4. The smallest absolute Gasteiger partial charge is 0.254 e. The van der Waals surface area contributed by atoms with Crippen molar-refractivity contribution in [2.24, 2.45) is 0 Å². The molecule has 0 radical (unpaired) electrons. The van der Waals surface area contributed by atoms with Gasteiger partial charge in [-0.2, -0.15) is 0 Å². The first-order valence-electron chi connectivity index (χ1n) is 11.5. The molecule has 5 rings (SSSR count). The van der Waals surface area contributed by atoms with E-state index in [1.54, 1.807) is 0 Å². The van der Waals surface area contributed by atoms with Crippen LogP contribution in [0.1, 0.15) is 48.4 Å². The van der Waals surface area contributed by atoms with Gasteiger partial charge in [-0.25, -0.2) is 4.98 Å². The van der Waals surface area contributed by atoms with E-state index in [1.165, 1.54) is 22.4 Å². The highest BCUT2D eigenvalue weighted by molar-refractivity contribution is 5.94. The molecule has 2 aliphatic rings. The van der Waals surface area contributed by atoms with Crippen LogP contribution < -0.4 is 16.2 Å². The molecule has 0 aliphatic carbocycles. The molecule has 2 aliphatic heterocycles. The number of benzene rings is 2. The largest absolute Gasteiger partial charge is 0.387 e. The molecule has 4 atom stereocenters. The van der Waals surface area contributed by atoms with Crippen molar-refractivity contribution in [2.45, 2.75) is 56.3 Å². The van der Waals surface area contributed by atoms with Crippen LogP contribution in [0.15, 0.2) is 71.7 Å². The quantitative estimate of drug-likeness (QED) is 0.543. The number of aryl methyl sites for hydroxylation is 1. The van der Waals surface area contributed by atoms with E-state index < -0.39 is 12.1 Å². The van der Waals surface area contributed by atoms with Crippen LogP contribution >= 0.6 is 0 Å². The van der Waals surface area contributed by atoms with Crippen molar-refractivity contribution < 1.29 is 9.90 Å². The summed E-state index contributed by atoms with van der Waals surface area (Å²) in [6, 6.07) is 18.9. The number of fused-ring (bicyclic) bond motifs is 1. The van der Waals surface area contributed by atoms with Gasteiger partial charge in [0, 0.05) is 36.5 Å². The molecule has 7 nitrogen and oxygen atoms in total. The van der Waals surface area contributed by atoms with E-state index in [-0.39, 0.29) is 17.5 Å². The number of amides is 1. The predicted molar refractivity (Wildman–Crippen MR) is 126 cm³/mol. The molecule has 1 aromatic heterocycles. The fourth-order valence-electron chi connectivity index (χ4n) is 5.00. The monoisotopic (exact) mass is 444 g/mol. The Bertz CT molecular complexity index is 1180. The zero-order chi connectivity index (χ0) is 22.8. The third kappa shape index (κ3) is 4.60. The minimum atomic E-state index is -0.517. The summed E-state index contributed by atoms with van der Waals surface area (Å²) in [6.07, 6.45) is 5.02. The first-order valence-corrected chi connectivity index (χ1v) is 11.5. The Morgan fingerprint density at radius 1 is 1.09 bits per heavy atom. The standard InChI is InChI=1S/C26H28N4O3/c31-24-14-15-27-23-13-12-22(30(23)24)26(33)29-19-8-6-17(7-9-19)16-20-10-11-21(28-20)25(32)18-4-2-1-3-5-18/h1-9,14-15,20-22,25,28,32H,10-13,16H2,(H,29,33)/t20-,21?,22?,25+/m0/s1. The third-order valence-corrected chi connectivity index (χ3v) is 6.71. The number of nitrogens with one attached hydrogen (secondary N) is 2. The summed E-state index contributed by atoms with van der Waals surface area (Å²) in [6.45, 7) is 0. The number of carbonyl (C=O) groups is 1. The van der Waals surface area contributed by atoms with E-state index in [0.29, 0.717) is 30.4 Å². The van der Waals surface area contributed by atoms with Crippen LogP contribution in [0.25, 0.3) is 0 Å². The highest BCUT2D eigenvalue weighted by Gasteiger charge is 2.31. The lowest BCUT2D eigenvalue weighted by molar-refractivity contribution is -0.119. The van der Waals surface area contributed by atoms with E-state index >= 15 is 0 Å². The van der Waals surface area contributed by atoms with Crippen molar-refractivity contribution in [2.75, 3.05) is 5.32 Å². The Balaban J connectivity index is 1.17. The van der Waals surface area contributed by atoms with Gasteiger partial charge >= 0.3 is 0 Å². The number of aromatic nitrogens is 2. The van der Waals surface area contributed by atoms with Crippen LogP contribution in [-0.2, 0) is 17.6 Å². The number of rotatable bonds is 6. The van der Waals surface area contributed by atoms with Crippen molar-refractivity contribution in [3.63, 3.8) is 0 Å². The number of hydrogen-bond acceptors (Lipinski definition) is 5. The second kappa shape index (κ2) is 9.29. The predicted octanol–water partition coefficient (Wildman–Crippen LogP) is 2.77. The van der Waals surface area contributed by atoms with Gasteiger partial charge in [0.2, 0.25) is 5.91 Å². The molecule has 0 bridgehead atoms. The molecule has 2 aromatic carbocycles. The lowest BCUT2D eigenvalue weighted by Gasteiger charge is -2.20. The van der Waals surface area contributed by atoms with Crippen LogP contribution in [0.2, 0.25) is 0 Å².